The van der Waals surface area contributed by atoms with Gasteiger partial charge < -0.3 is 25.3 Å². The van der Waals surface area contributed by atoms with Gasteiger partial charge in [-0.2, -0.15) is 0 Å². The molecule has 9 nitrogen and oxygen atoms in total. The van der Waals surface area contributed by atoms with Crippen molar-refractivity contribution in [2.45, 2.75) is 19.5 Å². The zero-order valence-corrected chi connectivity index (χ0v) is 26.0. The first-order valence-corrected chi connectivity index (χ1v) is 15.1. The molecule has 2 aliphatic heterocycles. The van der Waals surface area contributed by atoms with E-state index in [2.05, 4.69) is 27.1 Å². The third-order valence-electron chi connectivity index (χ3n) is 8.35. The number of likely N-dealkylation sites (N-methyl/N-ethyl adjacent to an activating group) is 1. The Morgan fingerprint density at radius 2 is 1.74 bits per heavy atom. The second-order valence-corrected chi connectivity index (χ2v) is 12.1. The van der Waals surface area contributed by atoms with Crippen molar-refractivity contribution in [2.75, 3.05) is 45.7 Å². The van der Waals surface area contributed by atoms with Crippen LogP contribution in [-0.2, 0) is 26.6 Å². The number of likely N-dealkylation sites (tertiary alicyclic amines) is 1. The average molecular weight is 621 g/mol. The Kier molecular flexibility index (Phi) is 8.44. The van der Waals surface area contributed by atoms with Crippen LogP contribution in [0.3, 0.4) is 0 Å². The number of methoxy groups -OCH3 is 1. The smallest absolute Gasteiger partial charge is 0.291 e. The molecule has 1 fully saturated rings. The highest BCUT2D eigenvalue weighted by molar-refractivity contribution is 6.39. The van der Waals surface area contributed by atoms with Crippen molar-refractivity contribution < 1.29 is 9.53 Å². The van der Waals surface area contributed by atoms with E-state index >= 15 is 0 Å². The number of amides is 1. The molecule has 0 saturated carbocycles. The number of nitrogens with two attached hydrogens (primary N) is 1. The van der Waals surface area contributed by atoms with Crippen molar-refractivity contribution >= 4 is 34.8 Å². The highest BCUT2D eigenvalue weighted by Gasteiger charge is 2.27. The fourth-order valence-electron chi connectivity index (χ4n) is 5.93. The van der Waals surface area contributed by atoms with Crippen molar-refractivity contribution in [3.8, 4) is 28.3 Å². The van der Waals surface area contributed by atoms with Crippen molar-refractivity contribution in [2.24, 2.45) is 18.7 Å². The Bertz CT molecular complexity index is 1680. The van der Waals surface area contributed by atoms with Gasteiger partial charge in [0.25, 0.3) is 5.91 Å². The molecule has 0 unspecified atom stereocenters. The maximum Gasteiger partial charge on any atom is 0.291 e. The standard InChI is InChI=1S/C32H35Cl2N7O2/c1-39-13-12-27-26(18-39)36-30(40(27)2)31(42)37-25-9-5-7-22(29(25)34)21-6-4-8-23(28(21)33)24-11-10-20(32(38-24)43-3)17-41-15-19(14-35)16-41/h4-11,19H,12-18,35H2,1-3H3,(H,37,42). The highest BCUT2D eigenvalue weighted by atomic mass is 35.5. The largest absolute Gasteiger partial charge is 0.481 e. The second-order valence-electron chi connectivity index (χ2n) is 11.3. The molecule has 1 amide bonds. The first-order chi connectivity index (χ1) is 20.8. The van der Waals surface area contributed by atoms with Crippen molar-refractivity contribution in [3.63, 3.8) is 0 Å². The number of ether oxygens (including phenoxy) is 1. The molecule has 43 heavy (non-hydrogen) atoms. The van der Waals surface area contributed by atoms with E-state index in [0.29, 0.717) is 51.2 Å². The summed E-state index contributed by atoms with van der Waals surface area (Å²) in [4.78, 5) is 27.3. The third kappa shape index (κ3) is 5.75. The lowest BCUT2D eigenvalue weighted by Crippen LogP contribution is -2.49. The van der Waals surface area contributed by atoms with E-state index in [1.807, 2.05) is 54.1 Å². The highest BCUT2D eigenvalue weighted by Crippen LogP contribution is 2.41. The number of hydrogen-bond acceptors (Lipinski definition) is 7. The summed E-state index contributed by atoms with van der Waals surface area (Å²) in [6.45, 7) is 5.09. The molecule has 0 atom stereocenters. The molecular formula is C32H35Cl2N7O2. The third-order valence-corrected chi connectivity index (χ3v) is 9.17. The van der Waals surface area contributed by atoms with Crippen molar-refractivity contribution in [1.29, 1.82) is 0 Å². The van der Waals surface area contributed by atoms with Crippen LogP contribution in [0.25, 0.3) is 22.4 Å². The summed E-state index contributed by atoms with van der Waals surface area (Å²) in [5, 5.41) is 3.86. The molecule has 0 aliphatic carbocycles. The molecule has 0 bridgehead atoms. The average Bonchev–Trinajstić information content (AvgIpc) is 3.31. The Morgan fingerprint density at radius 3 is 2.49 bits per heavy atom. The number of nitrogens with zero attached hydrogens (tertiary/aromatic N) is 5. The number of imidazole rings is 1. The lowest BCUT2D eigenvalue weighted by molar-refractivity contribution is 0.0967. The van der Waals surface area contributed by atoms with Crippen LogP contribution < -0.4 is 15.8 Å². The van der Waals surface area contributed by atoms with E-state index in [1.54, 1.807) is 13.2 Å². The molecule has 4 aromatic rings. The van der Waals surface area contributed by atoms with Gasteiger partial charge in [0.05, 0.1) is 34.2 Å². The minimum Gasteiger partial charge on any atom is -0.481 e. The summed E-state index contributed by atoms with van der Waals surface area (Å²) in [5.74, 6) is 1.17. The van der Waals surface area contributed by atoms with Crippen LogP contribution in [0.4, 0.5) is 5.69 Å². The van der Waals surface area contributed by atoms with Crippen molar-refractivity contribution in [3.05, 3.63) is 81.4 Å². The van der Waals surface area contributed by atoms with Crippen LogP contribution >= 0.6 is 23.2 Å². The number of anilines is 1. The first-order valence-electron chi connectivity index (χ1n) is 14.4. The van der Waals surface area contributed by atoms with Gasteiger partial charge in [-0.25, -0.2) is 9.97 Å². The molecule has 0 radical (unpaired) electrons. The fraction of sp³-hybridized carbons (Fsp3) is 0.344. The predicted octanol–water partition coefficient (Wildman–Crippen LogP) is 5.10. The van der Waals surface area contributed by atoms with E-state index in [-0.39, 0.29) is 5.91 Å². The zero-order chi connectivity index (χ0) is 30.2. The maximum absolute atomic E-state index is 13.3. The van der Waals surface area contributed by atoms with E-state index in [4.69, 9.17) is 38.7 Å². The quantitative estimate of drug-likeness (QED) is 0.283. The molecule has 2 aromatic carbocycles. The van der Waals surface area contributed by atoms with Gasteiger partial charge in [-0.15, -0.1) is 0 Å². The van der Waals surface area contributed by atoms with Crippen LogP contribution in [0.5, 0.6) is 5.88 Å². The van der Waals surface area contributed by atoms with Crippen LogP contribution in [0.15, 0.2) is 48.5 Å². The minimum atomic E-state index is -0.313. The van der Waals surface area contributed by atoms with E-state index in [1.165, 1.54) is 0 Å². The summed E-state index contributed by atoms with van der Waals surface area (Å²) in [6, 6.07) is 15.3. The Labute approximate surface area is 261 Å². The summed E-state index contributed by atoms with van der Waals surface area (Å²) in [6.07, 6.45) is 0.852. The minimum absolute atomic E-state index is 0.313. The fourth-order valence-corrected chi connectivity index (χ4v) is 6.53. The monoisotopic (exact) mass is 619 g/mol. The number of benzene rings is 2. The number of carbonyl (C=O) groups is 1. The van der Waals surface area contributed by atoms with E-state index < -0.39 is 0 Å². The van der Waals surface area contributed by atoms with Crippen LogP contribution in [-0.4, -0.2) is 70.6 Å². The topological polar surface area (TPSA) is 102 Å². The summed E-state index contributed by atoms with van der Waals surface area (Å²) in [5.41, 5.74) is 12.2. The number of pyridine rings is 1. The number of nitrogens with one attached hydrogen (secondary N) is 1. The van der Waals surface area contributed by atoms with Gasteiger partial charge in [-0.1, -0.05) is 59.6 Å². The number of aromatic nitrogens is 3. The van der Waals surface area contributed by atoms with Gasteiger partial charge in [-0.3, -0.25) is 9.69 Å². The molecule has 11 heteroatoms. The van der Waals surface area contributed by atoms with E-state index in [0.717, 1.165) is 67.2 Å². The number of carbonyl (C=O) groups excluding carboxylic acids is 1. The Morgan fingerprint density at radius 1 is 1.02 bits per heavy atom. The maximum atomic E-state index is 13.3. The molecule has 2 aliphatic rings. The Hall–Kier alpha value is -3.47. The van der Waals surface area contributed by atoms with Crippen molar-refractivity contribution in [1.82, 2.24) is 24.3 Å². The predicted molar refractivity (Wildman–Crippen MR) is 171 cm³/mol. The van der Waals surface area contributed by atoms with Crippen LogP contribution in [0.1, 0.15) is 27.6 Å². The molecule has 0 spiro atoms. The van der Waals surface area contributed by atoms with Crippen LogP contribution in [0.2, 0.25) is 10.0 Å². The van der Waals surface area contributed by atoms with Gasteiger partial charge >= 0.3 is 0 Å². The van der Waals surface area contributed by atoms with Gasteiger partial charge in [0.2, 0.25) is 5.88 Å². The lowest BCUT2D eigenvalue weighted by Gasteiger charge is -2.38. The van der Waals surface area contributed by atoms with Gasteiger partial charge in [0.1, 0.15) is 0 Å². The van der Waals surface area contributed by atoms with Gasteiger partial charge in [0.15, 0.2) is 5.82 Å². The summed E-state index contributed by atoms with van der Waals surface area (Å²) in [7, 11) is 5.56. The lowest BCUT2D eigenvalue weighted by atomic mass is 9.99. The first kappa shape index (κ1) is 29.6. The molecule has 3 N–H and O–H groups in total. The molecule has 6 rings (SSSR count). The normalized spacial score (nSPS) is 15.7. The van der Waals surface area contributed by atoms with Gasteiger partial charge in [-0.05, 0) is 31.6 Å². The number of rotatable bonds is 8. The number of halogens is 2. The molecular weight excluding hydrogens is 585 g/mol. The zero-order valence-electron chi connectivity index (χ0n) is 24.5. The summed E-state index contributed by atoms with van der Waals surface area (Å²) >= 11 is 13.9. The molecule has 2 aromatic heterocycles. The second kappa shape index (κ2) is 12.3. The molecule has 4 heterocycles. The summed E-state index contributed by atoms with van der Waals surface area (Å²) < 4.78 is 7.54. The van der Waals surface area contributed by atoms with Gasteiger partial charge in [0, 0.05) is 74.1 Å². The molecule has 224 valence electrons. The Balaban J connectivity index is 1.26. The van der Waals surface area contributed by atoms with E-state index in [9.17, 15) is 4.79 Å². The molecule has 1 saturated heterocycles. The number of fused-ring (bicyclic) bond motifs is 1. The SMILES string of the molecule is COc1nc(-c2cccc(-c3cccc(NC(=O)c4nc5c(n4C)CCN(C)C5)c3Cl)c2Cl)ccc1CN1CC(CN)C1. The number of hydrogen-bond donors (Lipinski definition) is 2. The van der Waals surface area contributed by atoms with Crippen LogP contribution in [0, 0.1) is 5.92 Å².